The maximum atomic E-state index is 12.1. The molecule has 1 unspecified atom stereocenters. The van der Waals surface area contributed by atoms with Crippen molar-refractivity contribution in [2.45, 2.75) is 12.8 Å². The lowest BCUT2D eigenvalue weighted by molar-refractivity contribution is 0.0951. The Hall–Kier alpha value is -1.32. The van der Waals surface area contributed by atoms with Gasteiger partial charge in [-0.1, -0.05) is 48.9 Å². The predicted octanol–water partition coefficient (Wildman–Crippen LogP) is 4.64. The zero-order valence-electron chi connectivity index (χ0n) is 11.1. The summed E-state index contributed by atoms with van der Waals surface area (Å²) in [6.45, 7) is 2.68. The van der Waals surface area contributed by atoms with Crippen molar-refractivity contribution in [1.29, 1.82) is 0 Å². The standard InChI is InChI=1S/C16H15BrClNO/c1-11(12-5-3-2-4-6-12)10-19-16(20)14-8-7-13(18)9-15(14)17/h2-9,11H,10H2,1H3,(H,19,20). The summed E-state index contributed by atoms with van der Waals surface area (Å²) in [5.41, 5.74) is 1.80. The van der Waals surface area contributed by atoms with Crippen molar-refractivity contribution < 1.29 is 4.79 Å². The molecule has 0 spiro atoms. The molecule has 2 nitrogen and oxygen atoms in total. The van der Waals surface area contributed by atoms with E-state index >= 15 is 0 Å². The number of rotatable bonds is 4. The van der Waals surface area contributed by atoms with Crippen LogP contribution in [-0.2, 0) is 0 Å². The van der Waals surface area contributed by atoms with Gasteiger partial charge in [0, 0.05) is 16.0 Å². The second-order valence-electron chi connectivity index (χ2n) is 4.65. The topological polar surface area (TPSA) is 29.1 Å². The zero-order valence-corrected chi connectivity index (χ0v) is 13.4. The summed E-state index contributed by atoms with van der Waals surface area (Å²) in [6, 6.07) is 15.3. The van der Waals surface area contributed by atoms with E-state index in [-0.39, 0.29) is 11.8 Å². The number of nitrogens with one attached hydrogen (secondary N) is 1. The van der Waals surface area contributed by atoms with E-state index in [1.54, 1.807) is 18.2 Å². The first-order valence-electron chi connectivity index (χ1n) is 6.36. The molecule has 2 aromatic rings. The Morgan fingerprint density at radius 3 is 2.60 bits per heavy atom. The van der Waals surface area contributed by atoms with Gasteiger partial charge in [0.15, 0.2) is 0 Å². The molecular formula is C16H15BrClNO. The highest BCUT2D eigenvalue weighted by Gasteiger charge is 2.12. The van der Waals surface area contributed by atoms with Crippen LogP contribution in [0, 0.1) is 0 Å². The van der Waals surface area contributed by atoms with E-state index in [9.17, 15) is 4.79 Å². The first kappa shape index (κ1) is 15.1. The third-order valence-electron chi connectivity index (χ3n) is 3.11. The van der Waals surface area contributed by atoms with Gasteiger partial charge in [-0.25, -0.2) is 0 Å². The summed E-state index contributed by atoms with van der Waals surface area (Å²) < 4.78 is 0.704. The van der Waals surface area contributed by atoms with Crippen molar-refractivity contribution in [2.75, 3.05) is 6.54 Å². The lowest BCUT2D eigenvalue weighted by Crippen LogP contribution is -2.27. The Bertz CT molecular complexity index is 601. The van der Waals surface area contributed by atoms with E-state index in [2.05, 4.69) is 40.3 Å². The van der Waals surface area contributed by atoms with Gasteiger partial charge in [0.2, 0.25) is 0 Å². The van der Waals surface area contributed by atoms with Gasteiger partial charge in [-0.05, 0) is 45.6 Å². The van der Waals surface area contributed by atoms with Gasteiger partial charge in [-0.15, -0.1) is 0 Å². The Kier molecular flexibility index (Phi) is 5.21. The minimum atomic E-state index is -0.101. The first-order valence-corrected chi connectivity index (χ1v) is 7.53. The molecule has 0 aliphatic carbocycles. The molecule has 2 aromatic carbocycles. The fourth-order valence-corrected chi connectivity index (χ4v) is 2.78. The fraction of sp³-hybridized carbons (Fsp3) is 0.188. The van der Waals surface area contributed by atoms with E-state index in [0.717, 1.165) is 0 Å². The molecule has 0 saturated carbocycles. The number of benzene rings is 2. The SMILES string of the molecule is CC(CNC(=O)c1ccc(Cl)cc1Br)c1ccccc1. The smallest absolute Gasteiger partial charge is 0.252 e. The molecule has 20 heavy (non-hydrogen) atoms. The van der Waals surface area contributed by atoms with Crippen molar-refractivity contribution >= 4 is 33.4 Å². The van der Waals surface area contributed by atoms with Crippen LogP contribution < -0.4 is 5.32 Å². The van der Waals surface area contributed by atoms with Gasteiger partial charge < -0.3 is 5.32 Å². The van der Waals surface area contributed by atoms with E-state index in [1.807, 2.05) is 18.2 Å². The van der Waals surface area contributed by atoms with Crippen LogP contribution in [0.1, 0.15) is 28.8 Å². The summed E-state index contributed by atoms with van der Waals surface area (Å²) in [7, 11) is 0. The average molecular weight is 353 g/mol. The van der Waals surface area contributed by atoms with E-state index < -0.39 is 0 Å². The Morgan fingerprint density at radius 1 is 1.25 bits per heavy atom. The predicted molar refractivity (Wildman–Crippen MR) is 86.3 cm³/mol. The average Bonchev–Trinajstić information content (AvgIpc) is 2.45. The Labute approximate surface area is 132 Å². The van der Waals surface area contributed by atoms with Gasteiger partial charge in [0.1, 0.15) is 0 Å². The monoisotopic (exact) mass is 351 g/mol. The molecule has 0 aliphatic heterocycles. The summed E-state index contributed by atoms with van der Waals surface area (Å²) in [5, 5.41) is 3.55. The van der Waals surface area contributed by atoms with Crippen LogP contribution in [0.3, 0.4) is 0 Å². The number of carbonyl (C=O) groups excluding carboxylic acids is 1. The minimum absolute atomic E-state index is 0.101. The largest absolute Gasteiger partial charge is 0.351 e. The van der Waals surface area contributed by atoms with Crippen molar-refractivity contribution in [1.82, 2.24) is 5.32 Å². The maximum Gasteiger partial charge on any atom is 0.252 e. The molecule has 1 amide bonds. The first-order chi connectivity index (χ1) is 9.58. The maximum absolute atomic E-state index is 12.1. The molecule has 1 atom stereocenters. The highest BCUT2D eigenvalue weighted by molar-refractivity contribution is 9.10. The number of hydrogen-bond donors (Lipinski definition) is 1. The third kappa shape index (κ3) is 3.84. The van der Waals surface area contributed by atoms with Crippen LogP contribution in [0.15, 0.2) is 53.0 Å². The quantitative estimate of drug-likeness (QED) is 0.853. The highest BCUT2D eigenvalue weighted by Crippen LogP contribution is 2.21. The van der Waals surface area contributed by atoms with Gasteiger partial charge in [-0.3, -0.25) is 4.79 Å². The van der Waals surface area contributed by atoms with Crippen LogP contribution in [0.2, 0.25) is 5.02 Å². The van der Waals surface area contributed by atoms with Crippen molar-refractivity contribution in [2.24, 2.45) is 0 Å². The van der Waals surface area contributed by atoms with Crippen molar-refractivity contribution in [3.05, 3.63) is 69.2 Å². The number of hydrogen-bond acceptors (Lipinski definition) is 1. The van der Waals surface area contributed by atoms with Crippen molar-refractivity contribution in [3.8, 4) is 0 Å². The van der Waals surface area contributed by atoms with Gasteiger partial charge >= 0.3 is 0 Å². The summed E-state index contributed by atoms with van der Waals surface area (Å²) >= 11 is 9.22. The molecule has 0 radical (unpaired) electrons. The van der Waals surface area contributed by atoms with Crippen LogP contribution in [0.4, 0.5) is 0 Å². The van der Waals surface area contributed by atoms with Crippen LogP contribution in [0.5, 0.6) is 0 Å². The van der Waals surface area contributed by atoms with E-state index in [4.69, 9.17) is 11.6 Å². The molecule has 1 N–H and O–H groups in total. The zero-order chi connectivity index (χ0) is 14.5. The molecule has 0 fully saturated rings. The van der Waals surface area contributed by atoms with E-state index in [1.165, 1.54) is 5.56 Å². The molecule has 0 aromatic heterocycles. The highest BCUT2D eigenvalue weighted by atomic mass is 79.9. The molecule has 0 saturated heterocycles. The fourth-order valence-electron chi connectivity index (χ4n) is 1.91. The summed E-state index contributed by atoms with van der Waals surface area (Å²) in [4.78, 5) is 12.1. The Morgan fingerprint density at radius 2 is 1.95 bits per heavy atom. The molecule has 104 valence electrons. The van der Waals surface area contributed by atoms with Crippen LogP contribution >= 0.6 is 27.5 Å². The number of amides is 1. The molecule has 0 bridgehead atoms. The van der Waals surface area contributed by atoms with Gasteiger partial charge in [0.05, 0.1) is 5.56 Å². The molecule has 4 heteroatoms. The molecule has 0 aliphatic rings. The summed E-state index contributed by atoms with van der Waals surface area (Å²) in [6.07, 6.45) is 0. The second-order valence-corrected chi connectivity index (χ2v) is 5.94. The van der Waals surface area contributed by atoms with Gasteiger partial charge in [-0.2, -0.15) is 0 Å². The molecule has 2 rings (SSSR count). The Balaban J connectivity index is 1.99. The molecule has 0 heterocycles. The summed E-state index contributed by atoms with van der Waals surface area (Å²) in [5.74, 6) is 0.169. The lowest BCUT2D eigenvalue weighted by Gasteiger charge is -2.13. The third-order valence-corrected chi connectivity index (χ3v) is 4.00. The normalized spacial score (nSPS) is 11.9. The van der Waals surface area contributed by atoms with Crippen LogP contribution in [0.25, 0.3) is 0 Å². The minimum Gasteiger partial charge on any atom is -0.351 e. The number of halogens is 2. The second kappa shape index (κ2) is 6.91. The lowest BCUT2D eigenvalue weighted by atomic mass is 10.0. The van der Waals surface area contributed by atoms with Gasteiger partial charge in [0.25, 0.3) is 5.91 Å². The van der Waals surface area contributed by atoms with Crippen LogP contribution in [-0.4, -0.2) is 12.5 Å². The number of carbonyl (C=O) groups is 1. The van der Waals surface area contributed by atoms with E-state index in [0.29, 0.717) is 21.6 Å². The molecular weight excluding hydrogens is 338 g/mol. The van der Waals surface area contributed by atoms with Crippen molar-refractivity contribution in [3.63, 3.8) is 0 Å².